The van der Waals surface area contributed by atoms with E-state index in [1.165, 1.54) is 28.8 Å². The monoisotopic (exact) mass is 383 g/mol. The summed E-state index contributed by atoms with van der Waals surface area (Å²) >= 11 is 0. The Morgan fingerprint density at radius 1 is 0.862 bits per heavy atom. The number of nitrogens with zero attached hydrogens (tertiary/aromatic N) is 1. The van der Waals surface area contributed by atoms with E-state index >= 15 is 0 Å². The van der Waals surface area contributed by atoms with Crippen LogP contribution in [0.4, 0.5) is 5.69 Å². The molecule has 29 heavy (non-hydrogen) atoms. The molecule has 1 aliphatic heterocycles. The Bertz CT molecular complexity index is 1000. The lowest BCUT2D eigenvalue weighted by molar-refractivity contribution is 0.356. The van der Waals surface area contributed by atoms with Gasteiger partial charge >= 0.3 is 0 Å². The van der Waals surface area contributed by atoms with Crippen LogP contribution in [0.3, 0.4) is 0 Å². The third-order valence-corrected chi connectivity index (χ3v) is 7.31. The van der Waals surface area contributed by atoms with Gasteiger partial charge in [-0.25, -0.2) is 0 Å². The van der Waals surface area contributed by atoms with Crippen LogP contribution in [0.5, 0.6) is 5.75 Å². The Morgan fingerprint density at radius 2 is 1.52 bits per heavy atom. The predicted molar refractivity (Wildman–Crippen MR) is 120 cm³/mol. The minimum atomic E-state index is 0.0424. The average molecular weight is 384 g/mol. The summed E-state index contributed by atoms with van der Waals surface area (Å²) in [6.07, 6.45) is 1.20. The molecule has 3 aromatic carbocycles. The lowest BCUT2D eigenvalue weighted by Gasteiger charge is -2.39. The van der Waals surface area contributed by atoms with Crippen molar-refractivity contribution in [3.05, 3.63) is 95.6 Å². The summed E-state index contributed by atoms with van der Waals surface area (Å²) in [6.45, 7) is 3.46. The van der Waals surface area contributed by atoms with Gasteiger partial charge in [0.05, 0.1) is 12.8 Å². The Hall–Kier alpha value is -2.74. The van der Waals surface area contributed by atoms with E-state index in [1.807, 2.05) is 0 Å². The molecule has 1 aliphatic carbocycles. The Kier molecular flexibility index (Phi) is 4.38. The van der Waals surface area contributed by atoms with Gasteiger partial charge in [0.15, 0.2) is 0 Å². The quantitative estimate of drug-likeness (QED) is 0.551. The Balaban J connectivity index is 1.78. The van der Waals surface area contributed by atoms with Gasteiger partial charge in [0.1, 0.15) is 5.75 Å². The molecule has 0 radical (unpaired) electrons. The van der Waals surface area contributed by atoms with Crippen LogP contribution in [0.15, 0.2) is 78.9 Å². The molecular weight excluding hydrogens is 354 g/mol. The van der Waals surface area contributed by atoms with Crippen LogP contribution >= 0.6 is 0 Å². The molecule has 0 saturated heterocycles. The fourth-order valence-corrected chi connectivity index (χ4v) is 6.42. The van der Waals surface area contributed by atoms with Crippen molar-refractivity contribution in [3.63, 3.8) is 0 Å². The topological polar surface area (TPSA) is 12.5 Å². The number of ether oxygens (including phenoxy) is 1. The van der Waals surface area contributed by atoms with E-state index in [4.69, 9.17) is 4.74 Å². The first-order chi connectivity index (χ1) is 14.2. The number of rotatable bonds is 3. The molecule has 1 spiro atoms. The molecule has 1 heterocycles. The van der Waals surface area contributed by atoms with Crippen LogP contribution in [0.25, 0.3) is 0 Å². The standard InChI is InChI=1S/C27H29NO/c1-19-17-23(20-11-6-4-7-12-20)27(25(19)21-13-8-5-9-14-21)18-28(2)26-22(27)15-10-16-24(26)29-3/h4-16,19,23,25H,17-18H2,1-3H3. The normalized spacial score (nSPS) is 28.0. The molecule has 0 bridgehead atoms. The zero-order chi connectivity index (χ0) is 20.0. The maximum absolute atomic E-state index is 5.80. The molecule has 1 saturated carbocycles. The van der Waals surface area contributed by atoms with Gasteiger partial charge in [0.25, 0.3) is 0 Å². The molecule has 4 atom stereocenters. The highest BCUT2D eigenvalue weighted by atomic mass is 16.5. The van der Waals surface area contributed by atoms with E-state index in [9.17, 15) is 0 Å². The molecule has 1 fully saturated rings. The predicted octanol–water partition coefficient (Wildman–Crippen LogP) is 5.99. The number of anilines is 1. The van der Waals surface area contributed by atoms with Crippen molar-refractivity contribution in [2.24, 2.45) is 5.92 Å². The summed E-state index contributed by atoms with van der Waals surface area (Å²) in [5.41, 5.74) is 5.68. The SMILES string of the molecule is COc1cccc2c1N(C)CC21C(c2ccccc2)CC(C)C1c1ccccc1. The fraction of sp³-hybridized carbons (Fsp3) is 0.333. The number of likely N-dealkylation sites (N-methyl/N-ethyl adjacent to an activating group) is 1. The minimum absolute atomic E-state index is 0.0424. The first kappa shape index (κ1) is 18.3. The van der Waals surface area contributed by atoms with Crippen molar-refractivity contribution in [3.8, 4) is 5.75 Å². The lowest BCUT2D eigenvalue weighted by atomic mass is 9.64. The zero-order valence-electron chi connectivity index (χ0n) is 17.5. The molecule has 2 aliphatic rings. The number of para-hydroxylation sites is 1. The first-order valence-corrected chi connectivity index (χ1v) is 10.7. The van der Waals surface area contributed by atoms with E-state index in [0.29, 0.717) is 17.8 Å². The highest BCUT2D eigenvalue weighted by molar-refractivity contribution is 5.72. The first-order valence-electron chi connectivity index (χ1n) is 10.7. The molecule has 4 unspecified atom stereocenters. The van der Waals surface area contributed by atoms with E-state index in [1.54, 1.807) is 7.11 Å². The summed E-state index contributed by atoms with van der Waals surface area (Å²) in [4.78, 5) is 2.43. The molecule has 5 rings (SSSR count). The summed E-state index contributed by atoms with van der Waals surface area (Å²) < 4.78 is 5.80. The number of fused-ring (bicyclic) bond motifs is 2. The van der Waals surface area contributed by atoms with Crippen molar-refractivity contribution in [1.29, 1.82) is 0 Å². The molecule has 0 aromatic heterocycles. The van der Waals surface area contributed by atoms with Gasteiger partial charge < -0.3 is 9.64 Å². The largest absolute Gasteiger partial charge is 0.495 e. The number of benzene rings is 3. The number of hydrogen-bond donors (Lipinski definition) is 0. The summed E-state index contributed by atoms with van der Waals surface area (Å²) in [5.74, 6) is 2.55. The van der Waals surface area contributed by atoms with Gasteiger partial charge in [0, 0.05) is 19.0 Å². The van der Waals surface area contributed by atoms with Gasteiger partial charge in [0.2, 0.25) is 0 Å². The van der Waals surface area contributed by atoms with Crippen molar-refractivity contribution in [2.45, 2.75) is 30.6 Å². The van der Waals surface area contributed by atoms with E-state index in [-0.39, 0.29) is 5.41 Å². The second-order valence-corrected chi connectivity index (χ2v) is 8.82. The van der Waals surface area contributed by atoms with Crippen LogP contribution < -0.4 is 9.64 Å². The van der Waals surface area contributed by atoms with Crippen molar-refractivity contribution < 1.29 is 4.74 Å². The van der Waals surface area contributed by atoms with Crippen LogP contribution in [0.1, 0.15) is 41.9 Å². The maximum Gasteiger partial charge on any atom is 0.142 e. The number of methoxy groups -OCH3 is 1. The van der Waals surface area contributed by atoms with Crippen LogP contribution in [0.2, 0.25) is 0 Å². The molecule has 148 valence electrons. The van der Waals surface area contributed by atoms with Crippen LogP contribution in [-0.2, 0) is 5.41 Å². The second-order valence-electron chi connectivity index (χ2n) is 8.82. The van der Waals surface area contributed by atoms with E-state index in [2.05, 4.69) is 97.7 Å². The lowest BCUT2D eigenvalue weighted by Crippen LogP contribution is -2.39. The van der Waals surface area contributed by atoms with Gasteiger partial charge in [-0.15, -0.1) is 0 Å². The number of hydrogen-bond acceptors (Lipinski definition) is 2. The van der Waals surface area contributed by atoms with E-state index < -0.39 is 0 Å². The summed E-state index contributed by atoms with van der Waals surface area (Å²) in [5, 5.41) is 0. The Labute approximate surface area is 174 Å². The molecular formula is C27H29NO. The minimum Gasteiger partial charge on any atom is -0.495 e. The van der Waals surface area contributed by atoms with Crippen LogP contribution in [0, 0.1) is 5.92 Å². The third-order valence-electron chi connectivity index (χ3n) is 7.31. The average Bonchev–Trinajstić information content (AvgIpc) is 3.23. The second kappa shape index (κ2) is 6.95. The highest BCUT2D eigenvalue weighted by Crippen LogP contribution is 2.65. The van der Waals surface area contributed by atoms with Gasteiger partial charge in [-0.3, -0.25) is 0 Å². The molecule has 0 amide bonds. The van der Waals surface area contributed by atoms with Gasteiger partial charge in [-0.2, -0.15) is 0 Å². The van der Waals surface area contributed by atoms with Gasteiger partial charge in [-0.1, -0.05) is 79.7 Å². The fourth-order valence-electron chi connectivity index (χ4n) is 6.42. The smallest absolute Gasteiger partial charge is 0.142 e. The van der Waals surface area contributed by atoms with Crippen molar-refractivity contribution in [1.82, 2.24) is 0 Å². The molecule has 3 aromatic rings. The molecule has 2 nitrogen and oxygen atoms in total. The Morgan fingerprint density at radius 3 is 2.17 bits per heavy atom. The molecule has 0 N–H and O–H groups in total. The van der Waals surface area contributed by atoms with Crippen molar-refractivity contribution in [2.75, 3.05) is 25.6 Å². The van der Waals surface area contributed by atoms with Crippen LogP contribution in [-0.4, -0.2) is 20.7 Å². The summed E-state index contributed by atoms with van der Waals surface area (Å²) in [7, 11) is 4.01. The summed E-state index contributed by atoms with van der Waals surface area (Å²) in [6, 6.07) is 28.9. The third kappa shape index (κ3) is 2.62. The van der Waals surface area contributed by atoms with Crippen molar-refractivity contribution >= 4 is 5.69 Å². The van der Waals surface area contributed by atoms with Gasteiger partial charge in [-0.05, 0) is 46.9 Å². The maximum atomic E-state index is 5.80. The zero-order valence-corrected chi connectivity index (χ0v) is 17.5. The molecule has 2 heteroatoms. The van der Waals surface area contributed by atoms with E-state index in [0.717, 1.165) is 12.3 Å². The highest BCUT2D eigenvalue weighted by Gasteiger charge is 2.59.